The van der Waals surface area contributed by atoms with Crippen LogP contribution in [0.1, 0.15) is 20.3 Å². The Kier molecular flexibility index (Phi) is 4.83. The maximum Gasteiger partial charge on any atom is 0.321 e. The number of fused-ring (bicyclic) bond motifs is 1. The smallest absolute Gasteiger partial charge is 0.321 e. The van der Waals surface area contributed by atoms with Crippen LogP contribution in [0.2, 0.25) is 0 Å². The van der Waals surface area contributed by atoms with Crippen molar-refractivity contribution in [2.24, 2.45) is 5.92 Å². The van der Waals surface area contributed by atoms with Gasteiger partial charge in [-0.15, -0.1) is 0 Å². The van der Waals surface area contributed by atoms with E-state index in [2.05, 4.69) is 4.72 Å². The Morgan fingerprint density at radius 3 is 2.41 bits per heavy atom. The molecule has 0 saturated heterocycles. The molecule has 0 heterocycles. The van der Waals surface area contributed by atoms with Gasteiger partial charge in [-0.3, -0.25) is 4.79 Å². The fourth-order valence-electron chi connectivity index (χ4n) is 2.35. The second-order valence-electron chi connectivity index (χ2n) is 5.62. The summed E-state index contributed by atoms with van der Waals surface area (Å²) in [4.78, 5) is 11.4. The summed E-state index contributed by atoms with van der Waals surface area (Å²) in [5, 5.41) is 10.6. The lowest BCUT2D eigenvalue weighted by molar-refractivity contribution is -0.139. The highest BCUT2D eigenvalue weighted by atomic mass is 32.2. The zero-order chi connectivity index (χ0) is 16.3. The van der Waals surface area contributed by atoms with Crippen LogP contribution in [0.4, 0.5) is 0 Å². The molecule has 22 heavy (non-hydrogen) atoms. The Morgan fingerprint density at radius 1 is 1.14 bits per heavy atom. The summed E-state index contributed by atoms with van der Waals surface area (Å²) in [6.45, 7) is 3.70. The van der Waals surface area contributed by atoms with Crippen molar-refractivity contribution in [1.82, 2.24) is 4.72 Å². The quantitative estimate of drug-likeness (QED) is 0.856. The Morgan fingerprint density at radius 2 is 1.77 bits per heavy atom. The van der Waals surface area contributed by atoms with Crippen molar-refractivity contribution < 1.29 is 18.3 Å². The summed E-state index contributed by atoms with van der Waals surface area (Å²) < 4.78 is 27.4. The number of hydrogen-bond acceptors (Lipinski definition) is 3. The van der Waals surface area contributed by atoms with Gasteiger partial charge in [0, 0.05) is 5.39 Å². The van der Waals surface area contributed by atoms with Crippen LogP contribution >= 0.6 is 0 Å². The van der Waals surface area contributed by atoms with Crippen LogP contribution in [-0.2, 0) is 14.8 Å². The highest BCUT2D eigenvalue weighted by Gasteiger charge is 2.27. The molecule has 6 heteroatoms. The number of hydrogen-bond donors (Lipinski definition) is 2. The van der Waals surface area contributed by atoms with Gasteiger partial charge in [-0.25, -0.2) is 8.42 Å². The van der Waals surface area contributed by atoms with Crippen molar-refractivity contribution in [2.75, 3.05) is 0 Å². The topological polar surface area (TPSA) is 83.5 Å². The van der Waals surface area contributed by atoms with E-state index in [0.717, 1.165) is 5.39 Å². The Hall–Kier alpha value is -1.92. The second-order valence-corrected chi connectivity index (χ2v) is 7.30. The number of carboxylic acids is 1. The van der Waals surface area contributed by atoms with Crippen molar-refractivity contribution in [3.8, 4) is 0 Å². The average Bonchev–Trinajstić information content (AvgIpc) is 2.45. The van der Waals surface area contributed by atoms with E-state index < -0.39 is 22.0 Å². The summed E-state index contributed by atoms with van der Waals surface area (Å²) in [5.74, 6) is -1.10. The van der Waals surface area contributed by atoms with Gasteiger partial charge in [-0.2, -0.15) is 4.72 Å². The van der Waals surface area contributed by atoms with Crippen LogP contribution in [0.5, 0.6) is 0 Å². The van der Waals surface area contributed by atoms with Crippen LogP contribution in [0.15, 0.2) is 47.4 Å². The molecule has 0 aliphatic carbocycles. The molecule has 0 aromatic heterocycles. The number of carboxylic acid groups (broad SMARTS) is 1. The van der Waals surface area contributed by atoms with E-state index in [0.29, 0.717) is 5.39 Å². The van der Waals surface area contributed by atoms with Gasteiger partial charge < -0.3 is 5.11 Å². The van der Waals surface area contributed by atoms with E-state index in [1.807, 2.05) is 32.0 Å². The van der Waals surface area contributed by atoms with Gasteiger partial charge in [0.15, 0.2) is 0 Å². The summed E-state index contributed by atoms with van der Waals surface area (Å²) in [5.41, 5.74) is 0. The SMILES string of the molecule is CC(C)CC(NS(=O)(=O)c1cccc2ccccc12)C(=O)O. The zero-order valence-electron chi connectivity index (χ0n) is 12.5. The summed E-state index contributed by atoms with van der Waals surface area (Å²) in [7, 11) is -3.91. The van der Waals surface area contributed by atoms with Crippen LogP contribution in [0.3, 0.4) is 0 Å². The lowest BCUT2D eigenvalue weighted by atomic mass is 10.1. The predicted octanol–water partition coefficient (Wildman–Crippen LogP) is 2.62. The normalized spacial score (nSPS) is 13.4. The second kappa shape index (κ2) is 6.46. The standard InChI is InChI=1S/C16H19NO4S/c1-11(2)10-14(16(18)19)17-22(20,21)15-9-5-7-12-6-3-4-8-13(12)15/h3-9,11,14,17H,10H2,1-2H3,(H,18,19). The first-order valence-corrected chi connectivity index (χ1v) is 8.52. The number of sulfonamides is 1. The van der Waals surface area contributed by atoms with Crippen molar-refractivity contribution in [3.05, 3.63) is 42.5 Å². The van der Waals surface area contributed by atoms with E-state index in [1.54, 1.807) is 18.2 Å². The maximum atomic E-state index is 12.6. The number of nitrogens with one attached hydrogen (secondary N) is 1. The van der Waals surface area contributed by atoms with Gasteiger partial charge >= 0.3 is 5.97 Å². The van der Waals surface area contributed by atoms with Gasteiger partial charge in [-0.1, -0.05) is 50.2 Å². The van der Waals surface area contributed by atoms with Crippen LogP contribution in [0.25, 0.3) is 10.8 Å². The predicted molar refractivity (Wildman–Crippen MR) is 85.1 cm³/mol. The van der Waals surface area contributed by atoms with Gasteiger partial charge in [0.25, 0.3) is 0 Å². The molecule has 0 spiro atoms. The van der Waals surface area contributed by atoms with Crippen molar-refractivity contribution in [1.29, 1.82) is 0 Å². The third-order valence-electron chi connectivity index (χ3n) is 3.34. The molecular formula is C16H19NO4S. The van der Waals surface area contributed by atoms with Gasteiger partial charge in [0.1, 0.15) is 6.04 Å². The molecule has 2 aromatic rings. The number of benzene rings is 2. The molecule has 5 nitrogen and oxygen atoms in total. The van der Waals surface area contributed by atoms with Crippen molar-refractivity contribution in [3.63, 3.8) is 0 Å². The molecule has 118 valence electrons. The fourth-order valence-corrected chi connectivity index (χ4v) is 3.78. The highest BCUT2D eigenvalue weighted by molar-refractivity contribution is 7.89. The molecular weight excluding hydrogens is 302 g/mol. The van der Waals surface area contributed by atoms with Gasteiger partial charge in [0.05, 0.1) is 4.90 Å². The zero-order valence-corrected chi connectivity index (χ0v) is 13.3. The third-order valence-corrected chi connectivity index (χ3v) is 4.87. The monoisotopic (exact) mass is 321 g/mol. The molecule has 0 aliphatic rings. The summed E-state index contributed by atoms with van der Waals surface area (Å²) in [6, 6.07) is 10.9. The first kappa shape index (κ1) is 16.5. The lowest BCUT2D eigenvalue weighted by Crippen LogP contribution is -2.41. The van der Waals surface area contributed by atoms with E-state index in [1.165, 1.54) is 6.07 Å². The van der Waals surface area contributed by atoms with Crippen molar-refractivity contribution in [2.45, 2.75) is 31.2 Å². The summed E-state index contributed by atoms with van der Waals surface area (Å²) >= 11 is 0. The minimum absolute atomic E-state index is 0.0660. The number of carbonyl (C=O) groups is 1. The van der Waals surface area contributed by atoms with E-state index in [-0.39, 0.29) is 17.2 Å². The summed E-state index contributed by atoms with van der Waals surface area (Å²) in [6.07, 6.45) is 0.235. The Bertz CT molecular complexity index is 778. The lowest BCUT2D eigenvalue weighted by Gasteiger charge is -2.17. The Labute approximate surface area is 130 Å². The average molecular weight is 321 g/mol. The van der Waals surface area contributed by atoms with E-state index in [9.17, 15) is 18.3 Å². The van der Waals surface area contributed by atoms with E-state index in [4.69, 9.17) is 0 Å². The highest BCUT2D eigenvalue weighted by Crippen LogP contribution is 2.23. The molecule has 2 N–H and O–H groups in total. The van der Waals surface area contributed by atoms with E-state index >= 15 is 0 Å². The molecule has 2 aromatic carbocycles. The van der Waals surface area contributed by atoms with Gasteiger partial charge in [-0.05, 0) is 23.8 Å². The van der Waals surface area contributed by atoms with Crippen LogP contribution in [-0.4, -0.2) is 25.5 Å². The molecule has 0 saturated carbocycles. The molecule has 0 amide bonds. The minimum Gasteiger partial charge on any atom is -0.480 e. The van der Waals surface area contributed by atoms with Crippen molar-refractivity contribution >= 4 is 26.8 Å². The first-order valence-electron chi connectivity index (χ1n) is 7.04. The van der Waals surface area contributed by atoms with Crippen LogP contribution < -0.4 is 4.72 Å². The molecule has 0 bridgehead atoms. The molecule has 0 fully saturated rings. The van der Waals surface area contributed by atoms with Gasteiger partial charge in [0.2, 0.25) is 10.0 Å². The molecule has 1 atom stereocenters. The molecule has 0 radical (unpaired) electrons. The maximum absolute atomic E-state index is 12.6. The third kappa shape index (κ3) is 3.64. The minimum atomic E-state index is -3.91. The number of rotatable bonds is 6. The Balaban J connectivity index is 2.42. The molecule has 0 aliphatic heterocycles. The molecule has 2 rings (SSSR count). The number of aliphatic carboxylic acids is 1. The molecule has 1 unspecified atom stereocenters. The van der Waals surface area contributed by atoms with Crippen LogP contribution in [0, 0.1) is 5.92 Å². The first-order chi connectivity index (χ1) is 10.3. The largest absolute Gasteiger partial charge is 0.480 e. The fraction of sp³-hybridized carbons (Fsp3) is 0.312.